The number of hydrogen-bond acceptors (Lipinski definition) is 4. The van der Waals surface area contributed by atoms with Crippen molar-refractivity contribution >= 4 is 22.5 Å². The van der Waals surface area contributed by atoms with Crippen LogP contribution in [0.2, 0.25) is 0 Å². The van der Waals surface area contributed by atoms with Gasteiger partial charge in [0.05, 0.1) is 7.11 Å². The molecule has 0 unspecified atom stereocenters. The molecule has 0 radical (unpaired) electrons. The number of ketones is 2. The van der Waals surface area contributed by atoms with E-state index < -0.39 is 0 Å². The first-order valence-electron chi connectivity index (χ1n) is 8.49. The number of fused-ring (bicyclic) bond motifs is 1. The van der Waals surface area contributed by atoms with E-state index in [1.807, 2.05) is 18.2 Å². The summed E-state index contributed by atoms with van der Waals surface area (Å²) in [5.41, 5.74) is 3.30. The Kier molecular flexibility index (Phi) is 5.07. The summed E-state index contributed by atoms with van der Waals surface area (Å²) in [5, 5.41) is 0.900. The number of nitrogens with one attached hydrogen (secondary N) is 1. The second kappa shape index (κ2) is 7.44. The number of methoxy groups -OCH3 is 1. The second-order valence-corrected chi connectivity index (χ2v) is 6.03. The van der Waals surface area contributed by atoms with Gasteiger partial charge in [-0.15, -0.1) is 0 Å². The molecule has 0 bridgehead atoms. The van der Waals surface area contributed by atoms with Gasteiger partial charge in [-0.25, -0.2) is 0 Å². The maximum atomic E-state index is 12.6. The monoisotopic (exact) mass is 351 g/mol. The lowest BCUT2D eigenvalue weighted by Gasteiger charge is -2.11. The van der Waals surface area contributed by atoms with Gasteiger partial charge in [0.25, 0.3) is 0 Å². The molecule has 0 aliphatic carbocycles. The normalized spacial score (nSPS) is 10.7. The predicted molar refractivity (Wildman–Crippen MR) is 101 cm³/mol. The molecule has 0 spiro atoms. The highest BCUT2D eigenvalue weighted by Gasteiger charge is 2.16. The smallest absolute Gasteiger partial charge is 0.202 e. The highest BCUT2D eigenvalue weighted by molar-refractivity contribution is 6.09. The molecule has 5 heteroatoms. The molecule has 0 saturated carbocycles. The number of hydrogen-bond donors (Lipinski definition) is 1. The van der Waals surface area contributed by atoms with Crippen LogP contribution in [-0.4, -0.2) is 30.3 Å². The van der Waals surface area contributed by atoms with Gasteiger partial charge in [0, 0.05) is 28.2 Å². The Morgan fingerprint density at radius 2 is 1.92 bits per heavy atom. The van der Waals surface area contributed by atoms with Crippen LogP contribution in [0.4, 0.5) is 0 Å². The summed E-state index contributed by atoms with van der Waals surface area (Å²) in [5.74, 6) is 0.677. The van der Waals surface area contributed by atoms with Gasteiger partial charge in [-0.3, -0.25) is 9.59 Å². The summed E-state index contributed by atoms with van der Waals surface area (Å²) >= 11 is 0. The molecule has 26 heavy (non-hydrogen) atoms. The Morgan fingerprint density at radius 3 is 2.62 bits per heavy atom. The molecular weight excluding hydrogens is 330 g/mol. The molecule has 0 atom stereocenters. The van der Waals surface area contributed by atoms with Crippen molar-refractivity contribution in [3.63, 3.8) is 0 Å². The van der Waals surface area contributed by atoms with Crippen molar-refractivity contribution in [3.8, 4) is 11.5 Å². The Bertz CT molecular complexity index is 971. The Hall–Kier alpha value is -3.08. The number of carbonyl (C=O) groups is 2. The van der Waals surface area contributed by atoms with Crippen molar-refractivity contribution in [2.75, 3.05) is 13.7 Å². The van der Waals surface area contributed by atoms with Crippen molar-refractivity contribution in [1.82, 2.24) is 4.98 Å². The Labute approximate surface area is 151 Å². The number of aromatic amines is 1. The first-order chi connectivity index (χ1) is 12.5. The number of rotatable bonds is 7. The first-order valence-corrected chi connectivity index (χ1v) is 8.49. The summed E-state index contributed by atoms with van der Waals surface area (Å²) in [6, 6.07) is 10.8. The molecule has 0 fully saturated rings. The lowest BCUT2D eigenvalue weighted by molar-refractivity contribution is 0.0920. The standard InChI is InChI=1S/C21H21NO4/c1-4-14-6-5-7-16-17(11-22-21(14)16)18(24)12-26-19-9-8-15(13(2)23)10-20(19)25-3/h5-11,22H,4,12H2,1-3H3. The minimum absolute atomic E-state index is 0.0588. The van der Waals surface area contributed by atoms with Gasteiger partial charge in [0.2, 0.25) is 5.78 Å². The van der Waals surface area contributed by atoms with Gasteiger partial charge in [0.1, 0.15) is 0 Å². The molecule has 1 N–H and O–H groups in total. The minimum atomic E-state index is -0.123. The van der Waals surface area contributed by atoms with E-state index in [9.17, 15) is 9.59 Å². The average Bonchev–Trinajstić information content (AvgIpc) is 3.10. The third-order valence-corrected chi connectivity index (χ3v) is 4.41. The fraction of sp³-hybridized carbons (Fsp3) is 0.238. The highest BCUT2D eigenvalue weighted by atomic mass is 16.5. The van der Waals surface area contributed by atoms with E-state index in [2.05, 4.69) is 11.9 Å². The minimum Gasteiger partial charge on any atom is -0.493 e. The van der Waals surface area contributed by atoms with Crippen molar-refractivity contribution in [3.05, 3.63) is 59.3 Å². The number of ether oxygens (including phenoxy) is 2. The summed E-state index contributed by atoms with van der Waals surface area (Å²) in [6.45, 7) is 3.46. The summed E-state index contributed by atoms with van der Waals surface area (Å²) in [6.07, 6.45) is 2.62. The molecule has 0 amide bonds. The van der Waals surface area contributed by atoms with Gasteiger partial charge in [-0.05, 0) is 37.1 Å². The van der Waals surface area contributed by atoms with E-state index in [1.54, 1.807) is 24.4 Å². The van der Waals surface area contributed by atoms with Crippen LogP contribution >= 0.6 is 0 Å². The van der Waals surface area contributed by atoms with Gasteiger partial charge < -0.3 is 14.5 Å². The molecule has 2 aromatic carbocycles. The number of benzene rings is 2. The summed E-state index contributed by atoms with van der Waals surface area (Å²) < 4.78 is 10.9. The van der Waals surface area contributed by atoms with Crippen LogP contribution in [0.15, 0.2) is 42.6 Å². The Balaban J connectivity index is 1.80. The third-order valence-electron chi connectivity index (χ3n) is 4.41. The quantitative estimate of drug-likeness (QED) is 0.648. The zero-order valence-electron chi connectivity index (χ0n) is 15.1. The van der Waals surface area contributed by atoms with Crippen molar-refractivity contribution in [1.29, 1.82) is 0 Å². The van der Waals surface area contributed by atoms with Crippen LogP contribution in [0.1, 0.15) is 40.1 Å². The predicted octanol–water partition coefficient (Wildman–Crippen LogP) is 4.20. The fourth-order valence-electron chi connectivity index (χ4n) is 2.97. The maximum Gasteiger partial charge on any atom is 0.202 e. The van der Waals surface area contributed by atoms with Crippen LogP contribution in [0.25, 0.3) is 10.9 Å². The van der Waals surface area contributed by atoms with E-state index >= 15 is 0 Å². The van der Waals surface area contributed by atoms with Crippen LogP contribution in [0.3, 0.4) is 0 Å². The first kappa shape index (κ1) is 17.7. The van der Waals surface area contributed by atoms with Crippen LogP contribution in [0, 0.1) is 0 Å². The average molecular weight is 351 g/mol. The molecule has 1 heterocycles. The molecule has 0 saturated heterocycles. The number of Topliss-reactive ketones (excluding diaryl/α,β-unsaturated/α-hetero) is 2. The fourth-order valence-corrected chi connectivity index (χ4v) is 2.97. The molecule has 134 valence electrons. The SMILES string of the molecule is CCc1cccc2c(C(=O)COc3ccc(C(C)=O)cc3OC)c[nH]c12. The van der Waals surface area contributed by atoms with E-state index in [0.717, 1.165) is 17.3 Å². The van der Waals surface area contributed by atoms with Crippen molar-refractivity contribution in [2.45, 2.75) is 20.3 Å². The maximum absolute atomic E-state index is 12.6. The lowest BCUT2D eigenvalue weighted by atomic mass is 10.1. The number of aryl methyl sites for hydroxylation is 1. The van der Waals surface area contributed by atoms with Crippen molar-refractivity contribution in [2.24, 2.45) is 0 Å². The number of carbonyl (C=O) groups excluding carboxylic acids is 2. The zero-order chi connectivity index (χ0) is 18.7. The van der Waals surface area contributed by atoms with Crippen LogP contribution in [0.5, 0.6) is 11.5 Å². The summed E-state index contributed by atoms with van der Waals surface area (Å²) in [7, 11) is 1.50. The number of H-pyrrole nitrogens is 1. The van der Waals surface area contributed by atoms with Crippen molar-refractivity contribution < 1.29 is 19.1 Å². The number of aromatic nitrogens is 1. The molecule has 1 aromatic heterocycles. The van der Waals surface area contributed by atoms with Crippen LogP contribution < -0.4 is 9.47 Å². The molecule has 0 aliphatic rings. The number of para-hydroxylation sites is 1. The van der Waals surface area contributed by atoms with E-state index in [1.165, 1.54) is 19.6 Å². The topological polar surface area (TPSA) is 68.4 Å². The largest absolute Gasteiger partial charge is 0.493 e. The zero-order valence-corrected chi connectivity index (χ0v) is 15.1. The van der Waals surface area contributed by atoms with E-state index in [-0.39, 0.29) is 18.2 Å². The molecule has 3 rings (SSSR count). The Morgan fingerprint density at radius 1 is 1.12 bits per heavy atom. The molecule has 3 aromatic rings. The second-order valence-electron chi connectivity index (χ2n) is 6.03. The van der Waals surface area contributed by atoms with Gasteiger partial charge in [-0.2, -0.15) is 0 Å². The molecular formula is C21H21NO4. The van der Waals surface area contributed by atoms with Crippen LogP contribution in [-0.2, 0) is 6.42 Å². The highest BCUT2D eigenvalue weighted by Crippen LogP contribution is 2.29. The lowest BCUT2D eigenvalue weighted by Crippen LogP contribution is -2.12. The van der Waals surface area contributed by atoms with E-state index in [0.29, 0.717) is 22.6 Å². The summed E-state index contributed by atoms with van der Waals surface area (Å²) in [4.78, 5) is 27.3. The van der Waals surface area contributed by atoms with Gasteiger partial charge in [-0.1, -0.05) is 25.1 Å². The van der Waals surface area contributed by atoms with Gasteiger partial charge >= 0.3 is 0 Å². The van der Waals surface area contributed by atoms with E-state index in [4.69, 9.17) is 9.47 Å². The third kappa shape index (κ3) is 3.33. The molecule has 5 nitrogen and oxygen atoms in total. The van der Waals surface area contributed by atoms with Gasteiger partial charge in [0.15, 0.2) is 23.9 Å². The molecule has 0 aliphatic heterocycles.